The summed E-state index contributed by atoms with van der Waals surface area (Å²) in [7, 11) is 1.75. The molecular weight excluding hydrogens is 298 g/mol. The lowest BCUT2D eigenvalue weighted by atomic mass is 10.1. The number of carbonyl (C=O) groups is 2. The molecule has 0 fully saturated rings. The van der Waals surface area contributed by atoms with Gasteiger partial charge in [0.05, 0.1) is 28.5 Å². The topological polar surface area (TPSA) is 53.5 Å². The van der Waals surface area contributed by atoms with Gasteiger partial charge >= 0.3 is 0 Å². The molecular formula is C16H17N3O2S. The van der Waals surface area contributed by atoms with Crippen LogP contribution in [0, 0.1) is 12.8 Å². The first-order chi connectivity index (χ1) is 10.5. The minimum Gasteiger partial charge on any atom is -0.313 e. The minimum atomic E-state index is -0.254. The summed E-state index contributed by atoms with van der Waals surface area (Å²) < 4.78 is 0. The lowest BCUT2D eigenvalue weighted by molar-refractivity contribution is -0.121. The third kappa shape index (κ3) is 2.39. The maximum Gasteiger partial charge on any atom is 0.270 e. The number of hydrogen-bond donors (Lipinski definition) is 0. The highest BCUT2D eigenvalue weighted by Gasteiger charge is 2.32. The molecule has 0 saturated heterocycles. The maximum absolute atomic E-state index is 12.9. The molecule has 6 heteroatoms. The van der Waals surface area contributed by atoms with Crippen LogP contribution >= 0.6 is 11.3 Å². The van der Waals surface area contributed by atoms with Crippen molar-refractivity contribution in [3.8, 4) is 0 Å². The van der Waals surface area contributed by atoms with Crippen molar-refractivity contribution in [3.63, 3.8) is 0 Å². The molecule has 2 heterocycles. The highest BCUT2D eigenvalue weighted by molar-refractivity contribution is 7.13. The monoisotopic (exact) mass is 315 g/mol. The lowest BCUT2D eigenvalue weighted by Gasteiger charge is -2.23. The number of fused-ring (bicyclic) bond motifs is 1. The van der Waals surface area contributed by atoms with Crippen LogP contribution < -0.4 is 9.80 Å². The number of aryl methyl sites for hydroxylation is 1. The van der Waals surface area contributed by atoms with Crippen LogP contribution in [0.15, 0.2) is 30.5 Å². The van der Waals surface area contributed by atoms with Crippen LogP contribution in [0.1, 0.15) is 21.6 Å². The summed E-state index contributed by atoms with van der Waals surface area (Å²) in [5, 5.41) is 0.854. The van der Waals surface area contributed by atoms with Gasteiger partial charge in [-0.2, -0.15) is 0 Å². The molecule has 2 aromatic rings. The van der Waals surface area contributed by atoms with Crippen LogP contribution in [0.4, 0.5) is 11.4 Å². The largest absolute Gasteiger partial charge is 0.313 e. The second-order valence-electron chi connectivity index (χ2n) is 5.45. The van der Waals surface area contributed by atoms with E-state index in [4.69, 9.17) is 0 Å². The van der Waals surface area contributed by atoms with Gasteiger partial charge < -0.3 is 9.80 Å². The van der Waals surface area contributed by atoms with Crippen LogP contribution in [0.25, 0.3) is 0 Å². The van der Waals surface area contributed by atoms with Crippen molar-refractivity contribution >= 4 is 34.5 Å². The molecule has 1 aromatic heterocycles. The molecule has 1 aliphatic heterocycles. The molecule has 0 unspecified atom stereocenters. The fourth-order valence-corrected chi connectivity index (χ4v) is 3.39. The Morgan fingerprint density at radius 1 is 1.32 bits per heavy atom. The summed E-state index contributed by atoms with van der Waals surface area (Å²) in [6.07, 6.45) is 1.60. The third-order valence-electron chi connectivity index (χ3n) is 3.82. The summed E-state index contributed by atoms with van der Waals surface area (Å²) in [6, 6.07) is 7.50. The van der Waals surface area contributed by atoms with Gasteiger partial charge in [0, 0.05) is 13.6 Å². The summed E-state index contributed by atoms with van der Waals surface area (Å²) in [4.78, 5) is 33.3. The van der Waals surface area contributed by atoms with Crippen molar-refractivity contribution in [2.75, 3.05) is 23.4 Å². The van der Waals surface area contributed by atoms with Crippen molar-refractivity contribution in [2.24, 2.45) is 5.92 Å². The normalized spacial score (nSPS) is 18.1. The number of para-hydroxylation sites is 2. The Labute approximate surface area is 133 Å². The molecule has 22 heavy (non-hydrogen) atoms. The fourth-order valence-electron chi connectivity index (χ4n) is 2.66. The predicted molar refractivity (Wildman–Crippen MR) is 87.5 cm³/mol. The van der Waals surface area contributed by atoms with E-state index in [2.05, 4.69) is 4.98 Å². The summed E-state index contributed by atoms with van der Waals surface area (Å²) >= 11 is 1.37. The second-order valence-corrected chi connectivity index (χ2v) is 6.68. The van der Waals surface area contributed by atoms with E-state index >= 15 is 0 Å². The zero-order chi connectivity index (χ0) is 15.9. The molecule has 0 aliphatic carbocycles. The number of benzene rings is 1. The van der Waals surface area contributed by atoms with E-state index in [9.17, 15) is 9.59 Å². The van der Waals surface area contributed by atoms with E-state index in [1.807, 2.05) is 38.1 Å². The van der Waals surface area contributed by atoms with Gasteiger partial charge in [0.1, 0.15) is 4.88 Å². The summed E-state index contributed by atoms with van der Waals surface area (Å²) in [5.74, 6) is -0.341. The summed E-state index contributed by atoms with van der Waals surface area (Å²) in [5.41, 5.74) is 1.52. The van der Waals surface area contributed by atoms with Gasteiger partial charge in [-0.25, -0.2) is 4.98 Å². The van der Waals surface area contributed by atoms with E-state index in [1.54, 1.807) is 23.0 Å². The van der Waals surface area contributed by atoms with Gasteiger partial charge in [-0.05, 0) is 19.1 Å². The third-order valence-corrected chi connectivity index (χ3v) is 4.72. The average Bonchev–Trinajstić information content (AvgIpc) is 2.93. The molecule has 0 saturated carbocycles. The Morgan fingerprint density at radius 3 is 2.64 bits per heavy atom. The molecule has 1 aliphatic rings. The standard InChI is InChI=1S/C16H17N3O2S/c1-10-9-19(16(21)14-8-17-11(2)22-14)13-7-5-4-6-12(13)18(3)15(10)20/h4-8,10H,9H2,1-3H3/t10-/m0/s1. The molecule has 3 rings (SSSR count). The van der Waals surface area contributed by atoms with Crippen LogP contribution in [0.5, 0.6) is 0 Å². The smallest absolute Gasteiger partial charge is 0.270 e. The highest BCUT2D eigenvalue weighted by atomic mass is 32.1. The number of hydrogen-bond acceptors (Lipinski definition) is 4. The maximum atomic E-state index is 12.9. The van der Waals surface area contributed by atoms with Gasteiger partial charge in [0.2, 0.25) is 5.91 Å². The number of anilines is 2. The fraction of sp³-hybridized carbons (Fsp3) is 0.312. The molecule has 0 N–H and O–H groups in total. The predicted octanol–water partition coefficient (Wildman–Crippen LogP) is 2.71. The van der Waals surface area contributed by atoms with Gasteiger partial charge in [0.25, 0.3) is 5.91 Å². The van der Waals surface area contributed by atoms with Crippen molar-refractivity contribution in [1.29, 1.82) is 0 Å². The molecule has 114 valence electrons. The molecule has 1 aromatic carbocycles. The van der Waals surface area contributed by atoms with E-state index in [0.29, 0.717) is 11.4 Å². The average molecular weight is 315 g/mol. The lowest BCUT2D eigenvalue weighted by Crippen LogP contribution is -2.36. The first-order valence-corrected chi connectivity index (χ1v) is 7.91. The van der Waals surface area contributed by atoms with Gasteiger partial charge in [-0.3, -0.25) is 9.59 Å². The molecule has 0 bridgehead atoms. The van der Waals surface area contributed by atoms with Crippen LogP contribution in [-0.4, -0.2) is 30.4 Å². The molecule has 1 atom stereocenters. The quantitative estimate of drug-likeness (QED) is 0.813. The van der Waals surface area contributed by atoms with Crippen LogP contribution in [0.3, 0.4) is 0 Å². The van der Waals surface area contributed by atoms with E-state index in [1.165, 1.54) is 11.3 Å². The number of carbonyl (C=O) groups excluding carboxylic acids is 2. The Balaban J connectivity index is 2.08. The van der Waals surface area contributed by atoms with Crippen molar-refractivity contribution in [2.45, 2.75) is 13.8 Å². The zero-order valence-corrected chi connectivity index (χ0v) is 13.6. The molecule has 5 nitrogen and oxygen atoms in total. The first-order valence-electron chi connectivity index (χ1n) is 7.10. The van der Waals surface area contributed by atoms with Crippen LogP contribution in [0.2, 0.25) is 0 Å². The first kappa shape index (κ1) is 14.7. The Hall–Kier alpha value is -2.21. The van der Waals surface area contributed by atoms with E-state index in [0.717, 1.165) is 16.4 Å². The molecule has 2 amide bonds. The Kier molecular flexibility index (Phi) is 3.70. The van der Waals surface area contributed by atoms with Crippen molar-refractivity contribution in [1.82, 2.24) is 4.98 Å². The van der Waals surface area contributed by atoms with Gasteiger partial charge in [-0.1, -0.05) is 19.1 Å². The van der Waals surface area contributed by atoms with Crippen LogP contribution in [-0.2, 0) is 4.79 Å². The van der Waals surface area contributed by atoms with E-state index in [-0.39, 0.29) is 17.7 Å². The molecule has 0 spiro atoms. The number of aromatic nitrogens is 1. The highest BCUT2D eigenvalue weighted by Crippen LogP contribution is 2.34. The minimum absolute atomic E-state index is 0.0169. The summed E-state index contributed by atoms with van der Waals surface area (Å²) in [6.45, 7) is 4.09. The zero-order valence-electron chi connectivity index (χ0n) is 12.7. The van der Waals surface area contributed by atoms with Gasteiger partial charge in [-0.15, -0.1) is 11.3 Å². The SMILES string of the molecule is Cc1ncc(C(=O)N2C[C@H](C)C(=O)N(C)c3ccccc32)s1. The molecule has 0 radical (unpaired) electrons. The number of thiazole rings is 1. The Bertz CT molecular complexity index is 740. The van der Waals surface area contributed by atoms with Gasteiger partial charge in [0.15, 0.2) is 0 Å². The van der Waals surface area contributed by atoms with E-state index < -0.39 is 0 Å². The van der Waals surface area contributed by atoms with Crippen molar-refractivity contribution < 1.29 is 9.59 Å². The Morgan fingerprint density at radius 2 is 2.00 bits per heavy atom. The number of rotatable bonds is 1. The van der Waals surface area contributed by atoms with Crippen molar-refractivity contribution in [3.05, 3.63) is 40.3 Å². The number of amides is 2. The second kappa shape index (κ2) is 5.53. The number of nitrogens with zero attached hydrogens (tertiary/aromatic N) is 3.